The van der Waals surface area contributed by atoms with Gasteiger partial charge in [-0.2, -0.15) is 0 Å². The summed E-state index contributed by atoms with van der Waals surface area (Å²) in [7, 11) is 1.52. The number of nitrogens with zero attached hydrogens (tertiary/aromatic N) is 5. The van der Waals surface area contributed by atoms with Crippen LogP contribution >= 0.6 is 0 Å². The number of carbonyl (C=O) groups is 1. The third-order valence-corrected chi connectivity index (χ3v) is 6.91. The largest absolute Gasteiger partial charge is 0.496 e. The maximum Gasteiger partial charge on any atom is 0.270 e. The lowest BCUT2D eigenvalue weighted by molar-refractivity contribution is -0.0440. The van der Waals surface area contributed by atoms with Crippen molar-refractivity contribution in [2.75, 3.05) is 19.0 Å². The van der Waals surface area contributed by atoms with Gasteiger partial charge in [-0.15, -0.1) is 0 Å². The van der Waals surface area contributed by atoms with Gasteiger partial charge in [0.05, 0.1) is 25.6 Å². The van der Waals surface area contributed by atoms with Crippen LogP contribution < -0.4 is 15.4 Å². The number of pyridine rings is 1. The summed E-state index contributed by atoms with van der Waals surface area (Å²) in [5, 5.41) is 27.7. The Balaban J connectivity index is 1.30. The molecular formula is C28H27N7O5. The molecule has 6 rings (SSSR count). The molecule has 12 nitrogen and oxygen atoms in total. The number of para-hydroxylation sites is 1. The van der Waals surface area contributed by atoms with Crippen LogP contribution in [0.5, 0.6) is 5.75 Å². The molecule has 1 saturated heterocycles. The fraction of sp³-hybridized carbons (Fsp3) is 0.250. The summed E-state index contributed by atoms with van der Waals surface area (Å²) in [6.07, 6.45) is -0.150. The van der Waals surface area contributed by atoms with Gasteiger partial charge in [0.25, 0.3) is 5.91 Å². The summed E-state index contributed by atoms with van der Waals surface area (Å²) in [6, 6.07) is 17.8. The lowest BCUT2D eigenvalue weighted by Crippen LogP contribution is -2.47. The molecular weight excluding hydrogens is 514 g/mol. The van der Waals surface area contributed by atoms with Crippen LogP contribution in [0.3, 0.4) is 0 Å². The molecule has 0 spiro atoms. The highest BCUT2D eigenvalue weighted by molar-refractivity contribution is 5.97. The van der Waals surface area contributed by atoms with Gasteiger partial charge in [0.15, 0.2) is 23.2 Å². The fourth-order valence-electron chi connectivity index (χ4n) is 4.89. The number of aliphatic hydroxyl groups is 2. The molecule has 5 aromatic rings. The second kappa shape index (κ2) is 10.8. The summed E-state index contributed by atoms with van der Waals surface area (Å²) in [4.78, 5) is 31.1. The monoisotopic (exact) mass is 541 g/mol. The predicted octanol–water partition coefficient (Wildman–Crippen LogP) is 2.04. The molecule has 0 unspecified atom stereocenters. The van der Waals surface area contributed by atoms with Crippen LogP contribution in [0.25, 0.3) is 22.1 Å². The molecule has 1 aliphatic rings. The number of anilines is 1. The van der Waals surface area contributed by atoms with Crippen molar-refractivity contribution in [3.05, 3.63) is 84.6 Å². The first-order valence-corrected chi connectivity index (χ1v) is 12.7. The zero-order chi connectivity index (χ0) is 27.6. The molecule has 4 atom stereocenters. The van der Waals surface area contributed by atoms with Gasteiger partial charge in [-0.05, 0) is 17.7 Å². The molecule has 3 aromatic heterocycles. The van der Waals surface area contributed by atoms with E-state index in [9.17, 15) is 15.0 Å². The van der Waals surface area contributed by atoms with Gasteiger partial charge in [-0.3, -0.25) is 9.36 Å². The van der Waals surface area contributed by atoms with Crippen molar-refractivity contribution < 1.29 is 24.5 Å². The number of aromatic nitrogens is 5. The van der Waals surface area contributed by atoms with E-state index >= 15 is 0 Å². The van der Waals surface area contributed by atoms with Crippen molar-refractivity contribution in [1.29, 1.82) is 0 Å². The van der Waals surface area contributed by atoms with Gasteiger partial charge >= 0.3 is 0 Å². The minimum Gasteiger partial charge on any atom is -0.496 e. The summed E-state index contributed by atoms with van der Waals surface area (Å²) >= 11 is 0. The van der Waals surface area contributed by atoms with Crippen molar-refractivity contribution in [2.45, 2.75) is 31.0 Å². The van der Waals surface area contributed by atoms with Crippen LogP contribution in [0, 0.1) is 0 Å². The van der Waals surface area contributed by atoms with Gasteiger partial charge in [-0.1, -0.05) is 42.5 Å². The highest BCUT2D eigenvalue weighted by Crippen LogP contribution is 2.33. The molecule has 1 aliphatic heterocycles. The molecule has 2 aromatic carbocycles. The van der Waals surface area contributed by atoms with Crippen molar-refractivity contribution in [2.24, 2.45) is 0 Å². The van der Waals surface area contributed by atoms with Gasteiger partial charge in [0, 0.05) is 18.0 Å². The van der Waals surface area contributed by atoms with Crippen LogP contribution in [0.15, 0.2) is 73.3 Å². The minimum atomic E-state index is -1.21. The lowest BCUT2D eigenvalue weighted by atomic mass is 10.1. The second-order valence-corrected chi connectivity index (χ2v) is 9.35. The van der Waals surface area contributed by atoms with Crippen LogP contribution in [0.2, 0.25) is 0 Å². The van der Waals surface area contributed by atoms with Crippen LogP contribution in [-0.4, -0.2) is 72.6 Å². The lowest BCUT2D eigenvalue weighted by Gasteiger charge is -2.23. The Morgan fingerprint density at radius 3 is 2.70 bits per heavy atom. The summed E-state index contributed by atoms with van der Waals surface area (Å²) in [5.41, 5.74) is 2.71. The number of imidazole rings is 1. The summed E-state index contributed by atoms with van der Waals surface area (Å²) in [5.74, 6) is 0.485. The van der Waals surface area contributed by atoms with Gasteiger partial charge in [0.1, 0.15) is 36.0 Å². The van der Waals surface area contributed by atoms with E-state index < -0.39 is 37.0 Å². The highest BCUT2D eigenvalue weighted by Gasteiger charge is 2.46. The zero-order valence-corrected chi connectivity index (χ0v) is 21.5. The van der Waals surface area contributed by atoms with E-state index in [0.717, 1.165) is 10.9 Å². The first-order chi connectivity index (χ1) is 19.6. The topological polar surface area (TPSA) is 157 Å². The number of ether oxygens (including phenoxy) is 2. The first kappa shape index (κ1) is 25.6. The number of rotatable bonds is 8. The third kappa shape index (κ3) is 4.68. The maximum absolute atomic E-state index is 13.4. The number of hydrogen-bond donors (Lipinski definition) is 4. The Hall–Kier alpha value is -4.65. The first-order valence-electron chi connectivity index (χ1n) is 12.7. The number of hydrogen-bond acceptors (Lipinski definition) is 10. The molecule has 1 amide bonds. The molecule has 0 saturated carbocycles. The summed E-state index contributed by atoms with van der Waals surface area (Å²) < 4.78 is 13.1. The molecule has 40 heavy (non-hydrogen) atoms. The highest BCUT2D eigenvalue weighted by atomic mass is 16.5. The molecule has 4 heterocycles. The quantitative estimate of drug-likeness (QED) is 0.229. The number of methoxy groups -OCH3 is 1. The van der Waals surface area contributed by atoms with Crippen LogP contribution in [0.4, 0.5) is 5.82 Å². The number of carbonyl (C=O) groups excluding carboxylic acids is 1. The number of benzene rings is 2. The normalized spacial score (nSPS) is 20.6. The number of fused-ring (bicyclic) bond motifs is 2. The summed E-state index contributed by atoms with van der Waals surface area (Å²) in [6.45, 7) is 0.0868. The maximum atomic E-state index is 13.4. The standard InChI is InChI=1S/C28H27N7O5/c1-39-20-11-19(33-18-10-6-5-9-17(18)20)27(38)34-22-24(37)21(13-36)40-28(22)35-15-32-23-25(30-14-31-26(23)35)29-12-16-7-3-2-4-8-16/h2-11,14-15,21-22,24,28,36-37H,12-13H2,1H3,(H,34,38)(H,29,30,31)/t21-,22-,24-,28-/m1/s1. The Morgan fingerprint density at radius 2 is 1.90 bits per heavy atom. The molecule has 1 fully saturated rings. The van der Waals surface area contributed by atoms with Crippen molar-refractivity contribution in [3.63, 3.8) is 0 Å². The van der Waals surface area contributed by atoms with E-state index in [2.05, 4.69) is 30.6 Å². The molecule has 12 heteroatoms. The van der Waals surface area contributed by atoms with E-state index in [1.54, 1.807) is 16.7 Å². The smallest absolute Gasteiger partial charge is 0.270 e. The Kier molecular flexibility index (Phi) is 6.95. The Morgan fingerprint density at radius 1 is 1.10 bits per heavy atom. The van der Waals surface area contributed by atoms with Crippen LogP contribution in [-0.2, 0) is 11.3 Å². The molecule has 0 bridgehead atoms. The average molecular weight is 542 g/mol. The van der Waals surface area contributed by atoms with Gasteiger partial charge in [0.2, 0.25) is 0 Å². The van der Waals surface area contributed by atoms with Crippen LogP contribution in [0.1, 0.15) is 22.3 Å². The molecule has 0 aliphatic carbocycles. The van der Waals surface area contributed by atoms with Crippen molar-refractivity contribution in [3.8, 4) is 5.75 Å². The van der Waals surface area contributed by atoms with Crippen molar-refractivity contribution >= 4 is 33.8 Å². The average Bonchev–Trinajstić information content (AvgIpc) is 3.56. The Labute approximate surface area is 228 Å². The number of amides is 1. The SMILES string of the molecule is COc1cc(C(=O)N[C@@H]2[C@H](O)[C@@H](CO)O[C@H]2n2cnc3c(NCc4ccccc4)ncnc32)nc2ccccc12. The molecule has 4 N–H and O–H groups in total. The predicted molar refractivity (Wildman–Crippen MR) is 146 cm³/mol. The van der Waals surface area contributed by atoms with Gasteiger partial charge < -0.3 is 30.3 Å². The number of nitrogens with one attached hydrogen (secondary N) is 2. The molecule has 0 radical (unpaired) electrons. The van der Waals surface area contributed by atoms with E-state index in [4.69, 9.17) is 9.47 Å². The number of aliphatic hydroxyl groups excluding tert-OH is 2. The van der Waals surface area contributed by atoms with E-state index in [1.165, 1.54) is 19.8 Å². The fourth-order valence-corrected chi connectivity index (χ4v) is 4.89. The third-order valence-electron chi connectivity index (χ3n) is 6.91. The zero-order valence-electron chi connectivity index (χ0n) is 21.5. The van der Waals surface area contributed by atoms with Gasteiger partial charge in [-0.25, -0.2) is 19.9 Å². The second-order valence-electron chi connectivity index (χ2n) is 9.35. The molecule has 204 valence electrons. The van der Waals surface area contributed by atoms with E-state index in [-0.39, 0.29) is 5.69 Å². The Bertz CT molecular complexity index is 1660. The van der Waals surface area contributed by atoms with E-state index in [0.29, 0.717) is 34.8 Å². The minimum absolute atomic E-state index is 0.110. The van der Waals surface area contributed by atoms with Crippen molar-refractivity contribution in [1.82, 2.24) is 29.8 Å². The van der Waals surface area contributed by atoms with E-state index in [1.807, 2.05) is 48.5 Å².